The van der Waals surface area contributed by atoms with Gasteiger partial charge in [-0.2, -0.15) is 0 Å². The van der Waals surface area contributed by atoms with Crippen molar-refractivity contribution in [3.63, 3.8) is 0 Å². The maximum Gasteiger partial charge on any atom is 0.230 e. The Bertz CT molecular complexity index is 831. The zero-order valence-corrected chi connectivity index (χ0v) is 15.7. The molecule has 1 N–H and O–H groups in total. The number of nitrogens with zero attached hydrogens (tertiary/aromatic N) is 3. The zero-order chi connectivity index (χ0) is 18.4. The molecule has 2 heterocycles. The SMILES string of the molecule is CCC[C@@H](NC(=O)CSc1nnc(-c2ccco2)n1C)c1ccccc1. The summed E-state index contributed by atoms with van der Waals surface area (Å²) in [6.07, 6.45) is 3.51. The van der Waals surface area contributed by atoms with Crippen molar-refractivity contribution in [3.8, 4) is 11.6 Å². The van der Waals surface area contributed by atoms with E-state index in [1.807, 2.05) is 54.1 Å². The summed E-state index contributed by atoms with van der Waals surface area (Å²) in [5.41, 5.74) is 1.13. The molecule has 136 valence electrons. The lowest BCUT2D eigenvalue weighted by Crippen LogP contribution is -2.30. The van der Waals surface area contributed by atoms with Crippen LogP contribution in [0, 0.1) is 0 Å². The highest BCUT2D eigenvalue weighted by atomic mass is 32.2. The van der Waals surface area contributed by atoms with Crippen molar-refractivity contribution in [3.05, 3.63) is 54.3 Å². The Kier molecular flexibility index (Phi) is 6.12. The number of carbonyl (C=O) groups excluding carboxylic acids is 1. The Balaban J connectivity index is 1.60. The van der Waals surface area contributed by atoms with Crippen LogP contribution >= 0.6 is 11.8 Å². The van der Waals surface area contributed by atoms with E-state index in [9.17, 15) is 4.79 Å². The molecule has 0 aliphatic heterocycles. The fourth-order valence-electron chi connectivity index (χ4n) is 2.72. The first-order valence-electron chi connectivity index (χ1n) is 8.59. The van der Waals surface area contributed by atoms with Crippen LogP contribution in [0.15, 0.2) is 58.3 Å². The standard InChI is InChI=1S/C19H22N4O2S/c1-3-8-15(14-9-5-4-6-10-14)20-17(24)13-26-19-22-21-18(23(19)2)16-11-7-12-25-16/h4-7,9-12,15H,3,8,13H2,1-2H3,(H,20,24)/t15-/m1/s1. The summed E-state index contributed by atoms with van der Waals surface area (Å²) < 4.78 is 7.19. The average Bonchev–Trinajstić information content (AvgIpc) is 3.30. The van der Waals surface area contributed by atoms with E-state index in [-0.39, 0.29) is 17.7 Å². The first-order chi connectivity index (χ1) is 12.7. The number of hydrogen-bond acceptors (Lipinski definition) is 5. The maximum atomic E-state index is 12.4. The van der Waals surface area contributed by atoms with Crippen LogP contribution in [0.1, 0.15) is 31.4 Å². The van der Waals surface area contributed by atoms with E-state index in [4.69, 9.17) is 4.42 Å². The summed E-state index contributed by atoms with van der Waals surface area (Å²) in [5.74, 6) is 1.58. The van der Waals surface area contributed by atoms with E-state index in [2.05, 4.69) is 22.4 Å². The molecular formula is C19H22N4O2S. The van der Waals surface area contributed by atoms with E-state index < -0.39 is 0 Å². The van der Waals surface area contributed by atoms with Gasteiger partial charge in [-0.3, -0.25) is 4.79 Å². The molecule has 0 unspecified atom stereocenters. The second-order valence-electron chi connectivity index (χ2n) is 5.95. The summed E-state index contributed by atoms with van der Waals surface area (Å²) in [7, 11) is 1.86. The molecule has 2 aromatic heterocycles. The summed E-state index contributed by atoms with van der Waals surface area (Å²) >= 11 is 1.36. The lowest BCUT2D eigenvalue weighted by atomic mass is 10.0. The van der Waals surface area contributed by atoms with Crippen LogP contribution in [0.25, 0.3) is 11.6 Å². The Morgan fingerprint density at radius 3 is 2.73 bits per heavy atom. The molecule has 0 fully saturated rings. The zero-order valence-electron chi connectivity index (χ0n) is 14.9. The Labute approximate surface area is 157 Å². The number of carbonyl (C=O) groups is 1. The van der Waals surface area contributed by atoms with E-state index in [1.54, 1.807) is 6.26 Å². The first-order valence-corrected chi connectivity index (χ1v) is 9.58. The van der Waals surface area contributed by atoms with Crippen LogP contribution in [0.2, 0.25) is 0 Å². The van der Waals surface area contributed by atoms with E-state index in [0.717, 1.165) is 18.4 Å². The van der Waals surface area contributed by atoms with Crippen molar-refractivity contribution in [2.75, 3.05) is 5.75 Å². The quantitative estimate of drug-likeness (QED) is 0.610. The lowest BCUT2D eigenvalue weighted by Gasteiger charge is -2.18. The lowest BCUT2D eigenvalue weighted by molar-refractivity contribution is -0.119. The molecule has 1 atom stereocenters. The Hall–Kier alpha value is -2.54. The molecule has 1 amide bonds. The third kappa shape index (κ3) is 4.35. The second kappa shape index (κ2) is 8.71. The fourth-order valence-corrected chi connectivity index (χ4v) is 3.45. The summed E-state index contributed by atoms with van der Waals surface area (Å²) in [6.45, 7) is 2.12. The molecule has 0 saturated carbocycles. The number of rotatable bonds is 8. The van der Waals surface area contributed by atoms with Gasteiger partial charge in [-0.15, -0.1) is 10.2 Å². The van der Waals surface area contributed by atoms with Crippen molar-refractivity contribution in [1.82, 2.24) is 20.1 Å². The molecule has 1 aromatic carbocycles. The third-order valence-electron chi connectivity index (χ3n) is 4.02. The van der Waals surface area contributed by atoms with E-state index >= 15 is 0 Å². The molecule has 0 aliphatic carbocycles. The molecule has 26 heavy (non-hydrogen) atoms. The van der Waals surface area contributed by atoms with Gasteiger partial charge in [-0.25, -0.2) is 0 Å². The molecule has 0 aliphatic rings. The summed E-state index contributed by atoms with van der Waals surface area (Å²) in [6, 6.07) is 13.7. The van der Waals surface area contributed by atoms with E-state index in [0.29, 0.717) is 16.7 Å². The van der Waals surface area contributed by atoms with Gasteiger partial charge in [-0.1, -0.05) is 55.4 Å². The summed E-state index contributed by atoms with van der Waals surface area (Å²) in [5, 5.41) is 12.1. The van der Waals surface area contributed by atoms with Crippen LogP contribution in [-0.2, 0) is 11.8 Å². The van der Waals surface area contributed by atoms with Gasteiger partial charge in [0.25, 0.3) is 0 Å². The predicted octanol–water partition coefficient (Wildman–Crippen LogP) is 3.82. The smallest absolute Gasteiger partial charge is 0.230 e. The number of thioether (sulfide) groups is 1. The molecule has 7 heteroatoms. The molecular weight excluding hydrogens is 348 g/mol. The number of furan rings is 1. The van der Waals surface area contributed by atoms with Gasteiger partial charge >= 0.3 is 0 Å². The highest BCUT2D eigenvalue weighted by Crippen LogP contribution is 2.23. The number of aromatic nitrogens is 3. The normalized spacial score (nSPS) is 12.1. The van der Waals surface area contributed by atoms with Gasteiger partial charge in [0.1, 0.15) is 0 Å². The molecule has 6 nitrogen and oxygen atoms in total. The monoisotopic (exact) mass is 370 g/mol. The number of nitrogens with one attached hydrogen (secondary N) is 1. The molecule has 3 aromatic rings. The minimum absolute atomic E-state index is 0.0140. The first kappa shape index (κ1) is 18.3. The number of benzene rings is 1. The van der Waals surface area contributed by atoms with Crippen molar-refractivity contribution >= 4 is 17.7 Å². The van der Waals surface area contributed by atoms with Crippen LogP contribution < -0.4 is 5.32 Å². The van der Waals surface area contributed by atoms with Crippen LogP contribution in [0.4, 0.5) is 0 Å². The Morgan fingerprint density at radius 2 is 2.04 bits per heavy atom. The number of hydrogen-bond donors (Lipinski definition) is 1. The average molecular weight is 370 g/mol. The van der Waals surface area contributed by atoms with Gasteiger partial charge in [0.2, 0.25) is 5.91 Å². The second-order valence-corrected chi connectivity index (χ2v) is 6.89. The maximum absolute atomic E-state index is 12.4. The molecule has 0 radical (unpaired) electrons. The van der Waals surface area contributed by atoms with Gasteiger partial charge in [0.05, 0.1) is 18.1 Å². The van der Waals surface area contributed by atoms with Gasteiger partial charge in [0.15, 0.2) is 16.7 Å². The van der Waals surface area contributed by atoms with Crippen LogP contribution in [0.5, 0.6) is 0 Å². The van der Waals surface area contributed by atoms with Crippen molar-refractivity contribution in [2.45, 2.75) is 31.0 Å². The summed E-state index contributed by atoms with van der Waals surface area (Å²) in [4.78, 5) is 12.4. The molecule has 0 saturated heterocycles. The van der Waals surface area contributed by atoms with Crippen LogP contribution in [-0.4, -0.2) is 26.4 Å². The van der Waals surface area contributed by atoms with Crippen molar-refractivity contribution in [1.29, 1.82) is 0 Å². The third-order valence-corrected chi connectivity index (χ3v) is 5.04. The predicted molar refractivity (Wildman–Crippen MR) is 102 cm³/mol. The Morgan fingerprint density at radius 1 is 1.23 bits per heavy atom. The fraction of sp³-hybridized carbons (Fsp3) is 0.316. The van der Waals surface area contributed by atoms with Crippen LogP contribution in [0.3, 0.4) is 0 Å². The largest absolute Gasteiger partial charge is 0.461 e. The molecule has 0 spiro atoms. The highest BCUT2D eigenvalue weighted by molar-refractivity contribution is 7.99. The van der Waals surface area contributed by atoms with Gasteiger partial charge in [0, 0.05) is 7.05 Å². The van der Waals surface area contributed by atoms with Crippen molar-refractivity contribution < 1.29 is 9.21 Å². The van der Waals surface area contributed by atoms with Gasteiger partial charge < -0.3 is 14.3 Å². The minimum Gasteiger partial charge on any atom is -0.461 e. The number of amides is 1. The topological polar surface area (TPSA) is 73.0 Å². The minimum atomic E-state index is -0.0140. The van der Waals surface area contributed by atoms with Gasteiger partial charge in [-0.05, 0) is 24.1 Å². The van der Waals surface area contributed by atoms with Crippen molar-refractivity contribution in [2.24, 2.45) is 7.05 Å². The molecule has 0 bridgehead atoms. The van der Waals surface area contributed by atoms with E-state index in [1.165, 1.54) is 11.8 Å². The highest BCUT2D eigenvalue weighted by Gasteiger charge is 2.17. The molecule has 3 rings (SSSR count).